The van der Waals surface area contributed by atoms with Crippen LogP contribution in [0.25, 0.3) is 10.1 Å². The molecule has 0 atom stereocenters. The van der Waals surface area contributed by atoms with E-state index in [4.69, 9.17) is 11.6 Å². The summed E-state index contributed by atoms with van der Waals surface area (Å²) >= 11 is 8.81. The first kappa shape index (κ1) is 16.9. The highest BCUT2D eigenvalue weighted by Crippen LogP contribution is 2.36. The minimum absolute atomic E-state index is 0.134. The van der Waals surface area contributed by atoms with Gasteiger partial charge in [-0.2, -0.15) is 0 Å². The van der Waals surface area contributed by atoms with Crippen molar-refractivity contribution < 1.29 is 9.59 Å². The Morgan fingerprint density at radius 3 is 2.54 bits per heavy atom. The number of aryl methyl sites for hydroxylation is 1. The minimum Gasteiger partial charge on any atom is -0.344 e. The second-order valence-electron chi connectivity index (χ2n) is 5.33. The van der Waals surface area contributed by atoms with E-state index in [1.807, 2.05) is 24.3 Å². The third kappa shape index (κ3) is 3.02. The number of fused-ring (bicyclic) bond motifs is 1. The van der Waals surface area contributed by atoms with Crippen LogP contribution in [0.15, 0.2) is 24.3 Å². The lowest BCUT2D eigenvalue weighted by molar-refractivity contribution is 0.0831. The van der Waals surface area contributed by atoms with E-state index in [1.54, 1.807) is 21.0 Å². The van der Waals surface area contributed by atoms with Gasteiger partial charge in [0.05, 0.1) is 10.7 Å². The van der Waals surface area contributed by atoms with Crippen molar-refractivity contribution in [2.45, 2.75) is 6.92 Å². The second kappa shape index (κ2) is 6.51. The van der Waals surface area contributed by atoms with Gasteiger partial charge in [0.1, 0.15) is 9.75 Å². The predicted molar refractivity (Wildman–Crippen MR) is 99.7 cm³/mol. The number of benzene rings is 1. The Morgan fingerprint density at radius 1 is 1.17 bits per heavy atom. The number of amides is 2. The fourth-order valence-electron chi connectivity index (χ4n) is 2.17. The molecular formula is C16H14ClN3O2S2. The molecule has 1 aromatic carbocycles. The van der Waals surface area contributed by atoms with Crippen molar-refractivity contribution in [2.75, 3.05) is 19.4 Å². The van der Waals surface area contributed by atoms with Gasteiger partial charge in [-0.1, -0.05) is 41.1 Å². The zero-order valence-corrected chi connectivity index (χ0v) is 15.6. The molecule has 0 spiro atoms. The van der Waals surface area contributed by atoms with Crippen LogP contribution in [-0.2, 0) is 0 Å². The molecule has 0 bridgehead atoms. The normalized spacial score (nSPS) is 10.8. The smallest absolute Gasteiger partial charge is 0.269 e. The summed E-state index contributed by atoms with van der Waals surface area (Å²) in [6.07, 6.45) is 0. The van der Waals surface area contributed by atoms with Crippen molar-refractivity contribution in [3.8, 4) is 0 Å². The van der Waals surface area contributed by atoms with Gasteiger partial charge in [-0.05, 0) is 13.0 Å². The largest absolute Gasteiger partial charge is 0.344 e. The molecule has 3 rings (SSSR count). The zero-order chi connectivity index (χ0) is 17.4. The Kier molecular flexibility index (Phi) is 4.58. The molecular weight excluding hydrogens is 366 g/mol. The molecule has 0 aliphatic carbocycles. The summed E-state index contributed by atoms with van der Waals surface area (Å²) in [4.78, 5) is 31.3. The first-order valence-electron chi connectivity index (χ1n) is 7.06. The quantitative estimate of drug-likeness (QED) is 0.739. The van der Waals surface area contributed by atoms with Crippen molar-refractivity contribution in [3.05, 3.63) is 44.7 Å². The SMILES string of the molecule is Cc1nc(NC(=O)c2sc3ccccc3c2Cl)sc1C(=O)N(C)C. The van der Waals surface area contributed by atoms with Gasteiger partial charge in [0.15, 0.2) is 5.13 Å². The molecule has 0 aliphatic rings. The van der Waals surface area contributed by atoms with E-state index in [0.717, 1.165) is 21.4 Å². The lowest BCUT2D eigenvalue weighted by Gasteiger charge is -2.07. The molecule has 24 heavy (non-hydrogen) atoms. The number of anilines is 1. The number of thiazole rings is 1. The van der Waals surface area contributed by atoms with Crippen molar-refractivity contribution in [1.29, 1.82) is 0 Å². The number of aromatic nitrogens is 1. The van der Waals surface area contributed by atoms with Crippen molar-refractivity contribution in [3.63, 3.8) is 0 Å². The topological polar surface area (TPSA) is 62.3 Å². The number of rotatable bonds is 3. The van der Waals surface area contributed by atoms with E-state index in [-0.39, 0.29) is 11.8 Å². The predicted octanol–water partition coefficient (Wildman–Crippen LogP) is 4.27. The zero-order valence-electron chi connectivity index (χ0n) is 13.2. The maximum absolute atomic E-state index is 12.5. The van der Waals surface area contributed by atoms with E-state index < -0.39 is 0 Å². The van der Waals surface area contributed by atoms with Crippen molar-refractivity contribution >= 4 is 61.3 Å². The standard InChI is InChI=1S/C16H14ClN3O2S2/c1-8-12(15(22)20(2)3)24-16(18-8)19-14(21)13-11(17)9-6-4-5-7-10(9)23-13/h4-7H,1-3H3,(H,18,19,21). The minimum atomic E-state index is -0.321. The van der Waals surface area contributed by atoms with Gasteiger partial charge in [0.25, 0.3) is 11.8 Å². The number of carbonyl (C=O) groups excluding carboxylic acids is 2. The first-order valence-corrected chi connectivity index (χ1v) is 9.07. The lowest BCUT2D eigenvalue weighted by atomic mass is 10.2. The maximum atomic E-state index is 12.5. The number of nitrogens with one attached hydrogen (secondary N) is 1. The average molecular weight is 380 g/mol. The molecule has 0 unspecified atom stereocenters. The summed E-state index contributed by atoms with van der Waals surface area (Å²) in [5.74, 6) is -0.454. The molecule has 1 N–H and O–H groups in total. The Bertz CT molecular complexity index is 946. The van der Waals surface area contributed by atoms with E-state index in [2.05, 4.69) is 10.3 Å². The molecule has 2 aromatic heterocycles. The van der Waals surface area contributed by atoms with Crippen LogP contribution in [0.3, 0.4) is 0 Å². The third-order valence-electron chi connectivity index (χ3n) is 3.36. The van der Waals surface area contributed by atoms with E-state index in [0.29, 0.717) is 25.6 Å². The molecule has 0 aliphatic heterocycles. The summed E-state index contributed by atoms with van der Waals surface area (Å²) in [6.45, 7) is 1.75. The van der Waals surface area contributed by atoms with Crippen LogP contribution in [0.2, 0.25) is 5.02 Å². The molecule has 2 amide bonds. The highest BCUT2D eigenvalue weighted by molar-refractivity contribution is 7.22. The summed E-state index contributed by atoms with van der Waals surface area (Å²) in [5, 5.41) is 4.41. The number of nitrogens with zero attached hydrogens (tertiary/aromatic N) is 2. The van der Waals surface area contributed by atoms with Crippen LogP contribution in [0.1, 0.15) is 25.0 Å². The third-order valence-corrected chi connectivity index (χ3v) is 6.09. The highest BCUT2D eigenvalue weighted by Gasteiger charge is 2.21. The molecule has 8 heteroatoms. The van der Waals surface area contributed by atoms with Crippen LogP contribution in [0.4, 0.5) is 5.13 Å². The molecule has 124 valence electrons. The molecule has 0 fully saturated rings. The monoisotopic (exact) mass is 379 g/mol. The van der Waals surface area contributed by atoms with Gasteiger partial charge in [0.2, 0.25) is 0 Å². The lowest BCUT2D eigenvalue weighted by Crippen LogP contribution is -2.21. The fraction of sp³-hybridized carbons (Fsp3) is 0.188. The Hall–Kier alpha value is -1.96. The van der Waals surface area contributed by atoms with E-state index in [9.17, 15) is 9.59 Å². The van der Waals surface area contributed by atoms with Crippen molar-refractivity contribution in [2.24, 2.45) is 0 Å². The van der Waals surface area contributed by atoms with Crippen LogP contribution in [0.5, 0.6) is 0 Å². The van der Waals surface area contributed by atoms with Crippen LogP contribution >= 0.6 is 34.3 Å². The molecule has 0 radical (unpaired) electrons. The van der Waals surface area contributed by atoms with E-state index >= 15 is 0 Å². The highest BCUT2D eigenvalue weighted by atomic mass is 35.5. The summed E-state index contributed by atoms with van der Waals surface area (Å²) in [6, 6.07) is 7.59. The number of hydrogen-bond donors (Lipinski definition) is 1. The Balaban J connectivity index is 1.88. The van der Waals surface area contributed by atoms with Crippen LogP contribution in [-0.4, -0.2) is 35.8 Å². The number of halogens is 1. The molecule has 0 saturated heterocycles. The Labute approximate surface area is 151 Å². The van der Waals surface area contributed by atoms with Crippen LogP contribution < -0.4 is 5.32 Å². The van der Waals surface area contributed by atoms with Crippen molar-refractivity contribution in [1.82, 2.24) is 9.88 Å². The van der Waals surface area contributed by atoms with Gasteiger partial charge in [-0.25, -0.2) is 4.98 Å². The fourth-order valence-corrected chi connectivity index (χ4v) is 4.56. The van der Waals surface area contributed by atoms with Gasteiger partial charge in [-0.15, -0.1) is 11.3 Å². The maximum Gasteiger partial charge on any atom is 0.269 e. The first-order chi connectivity index (χ1) is 11.4. The van der Waals surface area contributed by atoms with Gasteiger partial charge in [-0.3, -0.25) is 14.9 Å². The summed E-state index contributed by atoms with van der Waals surface area (Å²) < 4.78 is 0.950. The average Bonchev–Trinajstić information content (AvgIpc) is 3.07. The summed E-state index contributed by atoms with van der Waals surface area (Å²) in [7, 11) is 3.35. The van der Waals surface area contributed by atoms with Gasteiger partial charge < -0.3 is 4.90 Å². The summed E-state index contributed by atoms with van der Waals surface area (Å²) in [5.41, 5.74) is 0.594. The number of carbonyl (C=O) groups is 2. The van der Waals surface area contributed by atoms with Gasteiger partial charge in [0, 0.05) is 24.2 Å². The number of thiophene rings is 1. The Morgan fingerprint density at radius 2 is 1.88 bits per heavy atom. The van der Waals surface area contributed by atoms with Crippen LogP contribution in [0, 0.1) is 6.92 Å². The molecule has 2 heterocycles. The second-order valence-corrected chi connectivity index (χ2v) is 7.76. The van der Waals surface area contributed by atoms with E-state index in [1.165, 1.54) is 16.2 Å². The molecule has 3 aromatic rings. The molecule has 0 saturated carbocycles. The van der Waals surface area contributed by atoms with Gasteiger partial charge >= 0.3 is 0 Å². The number of hydrogen-bond acceptors (Lipinski definition) is 5. The molecule has 5 nitrogen and oxygen atoms in total.